The SMILES string of the molecule is C[C@H](NC(=O)C1CC[C@@H](Cc2cc(Br)c(Cl)s2)C1)C(=O)NCc1cc2cnccc2[nH]1. The van der Waals surface area contributed by atoms with E-state index in [1.54, 1.807) is 30.7 Å². The number of nitrogens with zero attached hydrogens (tertiary/aromatic N) is 1. The van der Waals surface area contributed by atoms with Crippen LogP contribution in [0.5, 0.6) is 0 Å². The highest BCUT2D eigenvalue weighted by atomic mass is 79.9. The average molecular weight is 524 g/mol. The molecule has 4 rings (SSSR count). The molecular formula is C22H24BrClN4O2S. The fraction of sp³-hybridized carbons (Fsp3) is 0.409. The number of rotatable bonds is 7. The third-order valence-corrected chi connectivity index (χ3v) is 8.28. The molecule has 164 valence electrons. The maximum Gasteiger partial charge on any atom is 0.242 e. The minimum Gasteiger partial charge on any atom is -0.357 e. The summed E-state index contributed by atoms with van der Waals surface area (Å²) in [7, 11) is 0. The molecule has 1 unspecified atom stereocenters. The summed E-state index contributed by atoms with van der Waals surface area (Å²) >= 11 is 11.2. The van der Waals surface area contributed by atoms with Gasteiger partial charge in [-0.2, -0.15) is 0 Å². The summed E-state index contributed by atoms with van der Waals surface area (Å²) in [6.45, 7) is 2.10. The second-order valence-corrected chi connectivity index (χ2v) is 10.7. The summed E-state index contributed by atoms with van der Waals surface area (Å²) in [5.41, 5.74) is 1.88. The number of halogens is 2. The molecule has 0 radical (unpaired) electrons. The highest BCUT2D eigenvalue weighted by molar-refractivity contribution is 9.10. The first-order chi connectivity index (χ1) is 14.9. The van der Waals surface area contributed by atoms with E-state index >= 15 is 0 Å². The topological polar surface area (TPSA) is 86.9 Å². The van der Waals surface area contributed by atoms with Crippen LogP contribution in [0, 0.1) is 11.8 Å². The quantitative estimate of drug-likeness (QED) is 0.415. The summed E-state index contributed by atoms with van der Waals surface area (Å²) in [4.78, 5) is 33.7. The van der Waals surface area contributed by atoms with Crippen LogP contribution < -0.4 is 10.6 Å². The molecule has 3 aromatic heterocycles. The van der Waals surface area contributed by atoms with E-state index in [1.165, 1.54) is 4.88 Å². The van der Waals surface area contributed by atoms with E-state index < -0.39 is 6.04 Å². The minimum absolute atomic E-state index is 0.0350. The van der Waals surface area contributed by atoms with Gasteiger partial charge < -0.3 is 15.6 Å². The van der Waals surface area contributed by atoms with Gasteiger partial charge in [-0.3, -0.25) is 14.6 Å². The fourth-order valence-electron chi connectivity index (χ4n) is 4.13. The van der Waals surface area contributed by atoms with Gasteiger partial charge in [0.05, 0.1) is 6.54 Å². The average Bonchev–Trinajstić information content (AvgIpc) is 3.45. The Bertz CT molecular complexity index is 1050. The van der Waals surface area contributed by atoms with Gasteiger partial charge in [-0.05, 0) is 72.7 Å². The van der Waals surface area contributed by atoms with Gasteiger partial charge in [-0.25, -0.2) is 0 Å². The minimum atomic E-state index is -0.579. The van der Waals surface area contributed by atoms with Gasteiger partial charge in [0.1, 0.15) is 10.4 Å². The van der Waals surface area contributed by atoms with E-state index in [-0.39, 0.29) is 17.7 Å². The van der Waals surface area contributed by atoms with Crippen molar-refractivity contribution in [3.8, 4) is 0 Å². The molecule has 1 aliphatic rings. The van der Waals surface area contributed by atoms with E-state index in [0.717, 1.165) is 51.1 Å². The summed E-state index contributed by atoms with van der Waals surface area (Å²) < 4.78 is 1.71. The van der Waals surface area contributed by atoms with Crippen molar-refractivity contribution in [2.75, 3.05) is 0 Å². The number of amides is 2. The van der Waals surface area contributed by atoms with Crippen molar-refractivity contribution < 1.29 is 9.59 Å². The van der Waals surface area contributed by atoms with Gasteiger partial charge in [-0.1, -0.05) is 11.6 Å². The summed E-state index contributed by atoms with van der Waals surface area (Å²) in [5, 5.41) is 6.77. The number of hydrogen-bond acceptors (Lipinski definition) is 4. The predicted molar refractivity (Wildman–Crippen MR) is 127 cm³/mol. The van der Waals surface area contributed by atoms with E-state index in [0.29, 0.717) is 12.5 Å². The monoisotopic (exact) mass is 522 g/mol. The molecule has 9 heteroatoms. The Balaban J connectivity index is 1.23. The number of fused-ring (bicyclic) bond motifs is 1. The zero-order valence-corrected chi connectivity index (χ0v) is 20.2. The van der Waals surface area contributed by atoms with Crippen molar-refractivity contribution in [3.05, 3.63) is 50.0 Å². The lowest BCUT2D eigenvalue weighted by Gasteiger charge is -2.17. The largest absolute Gasteiger partial charge is 0.357 e. The molecule has 3 heterocycles. The number of pyridine rings is 1. The van der Waals surface area contributed by atoms with Crippen molar-refractivity contribution in [3.63, 3.8) is 0 Å². The fourth-order valence-corrected chi connectivity index (χ4v) is 6.04. The molecule has 0 aliphatic heterocycles. The standard InChI is InChI=1S/C22H24BrClN4O2S/c1-12(21(29)26-11-16-8-15-10-25-5-4-19(15)28-16)27-22(30)14-3-2-13(6-14)7-17-9-18(23)20(24)31-17/h4-5,8-10,12-14,28H,2-3,6-7,11H2,1H3,(H,26,29)(H,27,30)/t12-,13+,14?/m0/s1. The Labute approximate surface area is 198 Å². The number of aromatic nitrogens is 2. The molecule has 0 spiro atoms. The highest BCUT2D eigenvalue weighted by Crippen LogP contribution is 2.38. The summed E-state index contributed by atoms with van der Waals surface area (Å²) in [5.74, 6) is 0.198. The van der Waals surface area contributed by atoms with Crippen LogP contribution in [0.4, 0.5) is 0 Å². The third-order valence-electron chi connectivity index (χ3n) is 5.78. The second-order valence-electron chi connectivity index (χ2n) is 8.12. The summed E-state index contributed by atoms with van der Waals surface area (Å²) in [6, 6.07) is 5.34. The molecule has 0 aromatic carbocycles. The smallest absolute Gasteiger partial charge is 0.242 e. The van der Waals surface area contributed by atoms with E-state index in [4.69, 9.17) is 11.6 Å². The van der Waals surface area contributed by atoms with Crippen molar-refractivity contribution in [2.45, 2.75) is 45.2 Å². The van der Waals surface area contributed by atoms with Gasteiger partial charge in [0, 0.05) is 44.3 Å². The number of H-pyrrole nitrogens is 1. The van der Waals surface area contributed by atoms with Crippen molar-refractivity contribution in [1.82, 2.24) is 20.6 Å². The van der Waals surface area contributed by atoms with Crippen LogP contribution in [0.2, 0.25) is 4.34 Å². The normalized spacial score (nSPS) is 19.5. The van der Waals surface area contributed by atoms with Gasteiger partial charge in [0.25, 0.3) is 0 Å². The Kier molecular flexibility index (Phi) is 6.99. The lowest BCUT2D eigenvalue weighted by atomic mass is 10.0. The predicted octanol–water partition coefficient (Wildman–Crippen LogP) is 4.82. The van der Waals surface area contributed by atoms with Crippen molar-refractivity contribution >= 4 is 61.6 Å². The zero-order valence-electron chi connectivity index (χ0n) is 17.1. The number of thiophene rings is 1. The van der Waals surface area contributed by atoms with Crippen LogP contribution in [-0.4, -0.2) is 27.8 Å². The first-order valence-electron chi connectivity index (χ1n) is 10.3. The Morgan fingerprint density at radius 2 is 2.23 bits per heavy atom. The lowest BCUT2D eigenvalue weighted by molar-refractivity contribution is -0.130. The van der Waals surface area contributed by atoms with Crippen LogP contribution in [0.25, 0.3) is 10.9 Å². The van der Waals surface area contributed by atoms with Crippen LogP contribution >= 0.6 is 38.9 Å². The molecule has 1 aliphatic carbocycles. The number of carbonyl (C=O) groups excluding carboxylic acids is 2. The number of hydrogen-bond donors (Lipinski definition) is 3. The molecule has 3 aromatic rings. The van der Waals surface area contributed by atoms with Gasteiger partial charge in [0.15, 0.2) is 0 Å². The van der Waals surface area contributed by atoms with E-state index in [2.05, 4.69) is 42.6 Å². The number of aromatic amines is 1. The van der Waals surface area contributed by atoms with Gasteiger partial charge >= 0.3 is 0 Å². The molecule has 3 atom stereocenters. The zero-order chi connectivity index (χ0) is 22.0. The van der Waals surface area contributed by atoms with Crippen molar-refractivity contribution in [2.24, 2.45) is 11.8 Å². The Morgan fingerprint density at radius 3 is 2.97 bits per heavy atom. The molecule has 0 saturated heterocycles. The van der Waals surface area contributed by atoms with Crippen LogP contribution in [0.3, 0.4) is 0 Å². The Morgan fingerprint density at radius 1 is 1.39 bits per heavy atom. The van der Waals surface area contributed by atoms with Gasteiger partial charge in [-0.15, -0.1) is 11.3 Å². The molecule has 2 amide bonds. The first-order valence-corrected chi connectivity index (χ1v) is 12.3. The number of carbonyl (C=O) groups is 2. The molecule has 0 bridgehead atoms. The van der Waals surface area contributed by atoms with E-state index in [9.17, 15) is 9.59 Å². The maximum absolute atomic E-state index is 12.7. The molecule has 6 nitrogen and oxygen atoms in total. The first kappa shape index (κ1) is 22.3. The molecule has 1 saturated carbocycles. The molecule has 31 heavy (non-hydrogen) atoms. The van der Waals surface area contributed by atoms with Gasteiger partial charge in [0.2, 0.25) is 11.8 Å². The van der Waals surface area contributed by atoms with Crippen molar-refractivity contribution in [1.29, 1.82) is 0 Å². The van der Waals surface area contributed by atoms with Crippen LogP contribution in [-0.2, 0) is 22.6 Å². The Hall–Kier alpha value is -1.90. The summed E-state index contributed by atoms with van der Waals surface area (Å²) in [6.07, 6.45) is 7.16. The molecular weight excluding hydrogens is 500 g/mol. The molecule has 1 fully saturated rings. The molecule has 3 N–H and O–H groups in total. The number of nitrogens with one attached hydrogen (secondary N) is 3. The third kappa shape index (κ3) is 5.48. The maximum atomic E-state index is 12.7. The lowest BCUT2D eigenvalue weighted by Crippen LogP contribution is -2.46. The van der Waals surface area contributed by atoms with Crippen LogP contribution in [0.15, 0.2) is 35.1 Å². The highest BCUT2D eigenvalue weighted by Gasteiger charge is 2.31. The van der Waals surface area contributed by atoms with E-state index in [1.807, 2.05) is 12.1 Å². The van der Waals surface area contributed by atoms with Crippen LogP contribution in [0.1, 0.15) is 36.8 Å². The second kappa shape index (κ2) is 9.71.